The van der Waals surface area contributed by atoms with E-state index < -0.39 is 0 Å². The fraction of sp³-hybridized carbons (Fsp3) is 0.250. The summed E-state index contributed by atoms with van der Waals surface area (Å²) in [5, 5.41) is 0. The minimum absolute atomic E-state index is 0.466. The summed E-state index contributed by atoms with van der Waals surface area (Å²) in [4.78, 5) is 8.18. The van der Waals surface area contributed by atoms with Crippen LogP contribution in [0.4, 0.5) is 5.82 Å². The second-order valence-electron chi connectivity index (χ2n) is 2.40. The fourth-order valence-corrected chi connectivity index (χ4v) is 1.08. The Labute approximate surface area is 79.8 Å². The summed E-state index contributed by atoms with van der Waals surface area (Å²) in [7, 11) is 0. The van der Waals surface area contributed by atoms with E-state index in [9.17, 15) is 0 Å². The Kier molecular flexibility index (Phi) is 2.81. The lowest BCUT2D eigenvalue weighted by Gasteiger charge is -2.02. The molecule has 4 heteroatoms. The zero-order valence-corrected chi connectivity index (χ0v) is 8.59. The molecule has 0 bridgehead atoms. The molecular formula is C8H10BrN3. The maximum atomic E-state index is 5.63. The molecule has 64 valence electrons. The summed E-state index contributed by atoms with van der Waals surface area (Å²) in [6.07, 6.45) is 3.54. The number of rotatable bonds is 1. The van der Waals surface area contributed by atoms with Crippen LogP contribution in [0.5, 0.6) is 0 Å². The minimum Gasteiger partial charge on any atom is -0.382 e. The van der Waals surface area contributed by atoms with Crippen molar-refractivity contribution in [1.82, 2.24) is 9.97 Å². The van der Waals surface area contributed by atoms with Crippen molar-refractivity contribution in [3.05, 3.63) is 22.6 Å². The maximum Gasteiger partial charge on any atom is 0.149 e. The van der Waals surface area contributed by atoms with Crippen LogP contribution in [0.2, 0.25) is 0 Å². The maximum absolute atomic E-state index is 5.63. The largest absolute Gasteiger partial charge is 0.382 e. The number of hydrogen-bond donors (Lipinski definition) is 1. The van der Waals surface area contributed by atoms with Gasteiger partial charge in [0.1, 0.15) is 16.1 Å². The number of nitrogens with zero attached hydrogens (tertiary/aromatic N) is 2. The van der Waals surface area contributed by atoms with Crippen LogP contribution < -0.4 is 5.73 Å². The molecule has 0 saturated carbocycles. The van der Waals surface area contributed by atoms with Gasteiger partial charge in [0.2, 0.25) is 0 Å². The monoisotopic (exact) mass is 227 g/mol. The average Bonchev–Trinajstić information content (AvgIpc) is 2.08. The van der Waals surface area contributed by atoms with Crippen LogP contribution in [-0.4, -0.2) is 9.97 Å². The van der Waals surface area contributed by atoms with Crippen LogP contribution in [-0.2, 0) is 0 Å². The molecule has 1 heterocycles. The second-order valence-corrected chi connectivity index (χ2v) is 3.21. The SMILES string of the molecule is CC=C(C)c1nc(Br)cnc1N. The summed E-state index contributed by atoms with van der Waals surface area (Å²) in [5.74, 6) is 0.466. The van der Waals surface area contributed by atoms with Gasteiger partial charge >= 0.3 is 0 Å². The molecule has 0 atom stereocenters. The molecule has 0 radical (unpaired) electrons. The highest BCUT2D eigenvalue weighted by Gasteiger charge is 2.03. The number of allylic oxidation sites excluding steroid dienone is 2. The molecule has 0 saturated heterocycles. The molecule has 0 spiro atoms. The lowest BCUT2D eigenvalue weighted by Crippen LogP contribution is -1.99. The first kappa shape index (κ1) is 9.19. The van der Waals surface area contributed by atoms with E-state index in [4.69, 9.17) is 5.73 Å². The molecule has 1 rings (SSSR count). The van der Waals surface area contributed by atoms with Gasteiger partial charge in [-0.3, -0.25) is 0 Å². The average molecular weight is 228 g/mol. The van der Waals surface area contributed by atoms with E-state index in [2.05, 4.69) is 25.9 Å². The topological polar surface area (TPSA) is 51.8 Å². The number of hydrogen-bond acceptors (Lipinski definition) is 3. The molecule has 0 aromatic carbocycles. The third-order valence-electron chi connectivity index (χ3n) is 1.58. The lowest BCUT2D eigenvalue weighted by molar-refractivity contribution is 1.14. The van der Waals surface area contributed by atoms with Crippen molar-refractivity contribution in [3.8, 4) is 0 Å². The molecule has 0 aliphatic carbocycles. The Morgan fingerprint density at radius 2 is 2.33 bits per heavy atom. The van der Waals surface area contributed by atoms with Crippen molar-refractivity contribution in [1.29, 1.82) is 0 Å². The summed E-state index contributed by atoms with van der Waals surface area (Å²) >= 11 is 3.24. The summed E-state index contributed by atoms with van der Waals surface area (Å²) in [6.45, 7) is 3.89. The summed E-state index contributed by atoms with van der Waals surface area (Å²) < 4.78 is 0.702. The normalized spacial score (nSPS) is 11.8. The highest BCUT2D eigenvalue weighted by atomic mass is 79.9. The van der Waals surface area contributed by atoms with Gasteiger partial charge in [0.15, 0.2) is 0 Å². The van der Waals surface area contributed by atoms with Crippen molar-refractivity contribution in [2.24, 2.45) is 0 Å². The van der Waals surface area contributed by atoms with Crippen molar-refractivity contribution in [2.75, 3.05) is 5.73 Å². The van der Waals surface area contributed by atoms with Crippen LogP contribution in [0.1, 0.15) is 19.5 Å². The molecule has 0 unspecified atom stereocenters. The first-order valence-electron chi connectivity index (χ1n) is 3.56. The molecule has 0 aliphatic heterocycles. The van der Waals surface area contributed by atoms with Crippen molar-refractivity contribution in [3.63, 3.8) is 0 Å². The van der Waals surface area contributed by atoms with E-state index in [1.165, 1.54) is 0 Å². The van der Waals surface area contributed by atoms with Gasteiger partial charge in [-0.25, -0.2) is 9.97 Å². The molecule has 3 nitrogen and oxygen atoms in total. The number of aromatic nitrogens is 2. The summed E-state index contributed by atoms with van der Waals surface area (Å²) in [5.41, 5.74) is 7.40. The molecule has 1 aromatic heterocycles. The molecule has 2 N–H and O–H groups in total. The Bertz CT molecular complexity index is 320. The third kappa shape index (κ3) is 1.82. The molecule has 0 amide bonds. The molecule has 12 heavy (non-hydrogen) atoms. The van der Waals surface area contributed by atoms with Gasteiger partial charge in [-0.15, -0.1) is 0 Å². The number of halogens is 1. The minimum atomic E-state index is 0.466. The Morgan fingerprint density at radius 3 is 2.92 bits per heavy atom. The highest BCUT2D eigenvalue weighted by Crippen LogP contribution is 2.18. The van der Waals surface area contributed by atoms with Crippen LogP contribution in [0.15, 0.2) is 16.9 Å². The molecule has 0 fully saturated rings. The van der Waals surface area contributed by atoms with Crippen molar-refractivity contribution >= 4 is 27.3 Å². The van der Waals surface area contributed by atoms with Crippen LogP contribution >= 0.6 is 15.9 Å². The lowest BCUT2D eigenvalue weighted by atomic mass is 10.2. The smallest absolute Gasteiger partial charge is 0.149 e. The van der Waals surface area contributed by atoms with E-state index >= 15 is 0 Å². The van der Waals surface area contributed by atoms with Crippen molar-refractivity contribution in [2.45, 2.75) is 13.8 Å². The van der Waals surface area contributed by atoms with Crippen molar-refractivity contribution < 1.29 is 0 Å². The van der Waals surface area contributed by atoms with E-state index in [1.807, 2.05) is 19.9 Å². The van der Waals surface area contributed by atoms with Crippen LogP contribution in [0.25, 0.3) is 5.57 Å². The van der Waals surface area contributed by atoms with E-state index in [0.29, 0.717) is 10.4 Å². The van der Waals surface area contributed by atoms with Gasteiger partial charge in [0, 0.05) is 0 Å². The summed E-state index contributed by atoms with van der Waals surface area (Å²) in [6, 6.07) is 0. The Balaban J connectivity index is 3.23. The van der Waals surface area contributed by atoms with E-state index in [-0.39, 0.29) is 0 Å². The Morgan fingerprint density at radius 1 is 1.67 bits per heavy atom. The fourth-order valence-electron chi connectivity index (χ4n) is 0.804. The van der Waals surface area contributed by atoms with Gasteiger partial charge in [-0.2, -0.15) is 0 Å². The quantitative estimate of drug-likeness (QED) is 0.801. The predicted molar refractivity (Wildman–Crippen MR) is 53.5 cm³/mol. The van der Waals surface area contributed by atoms with Gasteiger partial charge in [-0.05, 0) is 35.4 Å². The van der Waals surface area contributed by atoms with E-state index in [1.54, 1.807) is 6.20 Å². The van der Waals surface area contributed by atoms with E-state index in [0.717, 1.165) is 11.3 Å². The molecule has 0 aliphatic rings. The highest BCUT2D eigenvalue weighted by molar-refractivity contribution is 9.10. The van der Waals surface area contributed by atoms with Gasteiger partial charge in [0.05, 0.1) is 6.20 Å². The number of nitrogens with two attached hydrogens (primary N) is 1. The number of nitrogen functional groups attached to an aromatic ring is 1. The predicted octanol–water partition coefficient (Wildman–Crippen LogP) is 2.24. The van der Waals surface area contributed by atoms with Gasteiger partial charge in [0.25, 0.3) is 0 Å². The second kappa shape index (κ2) is 3.67. The Hall–Kier alpha value is -0.900. The number of anilines is 1. The first-order chi connectivity index (χ1) is 5.65. The van der Waals surface area contributed by atoms with Crippen LogP contribution in [0.3, 0.4) is 0 Å². The molecular weight excluding hydrogens is 218 g/mol. The first-order valence-corrected chi connectivity index (χ1v) is 4.35. The zero-order chi connectivity index (χ0) is 9.14. The third-order valence-corrected chi connectivity index (χ3v) is 1.96. The van der Waals surface area contributed by atoms with Gasteiger partial charge in [-0.1, -0.05) is 6.08 Å². The van der Waals surface area contributed by atoms with Crippen LogP contribution in [0, 0.1) is 0 Å². The zero-order valence-electron chi connectivity index (χ0n) is 7.00. The molecule has 1 aromatic rings. The van der Waals surface area contributed by atoms with Gasteiger partial charge < -0.3 is 5.73 Å². The standard InChI is InChI=1S/C8H10BrN3/c1-3-5(2)7-8(10)11-4-6(9)12-7/h3-4H,1-2H3,(H2,10,11).